The Kier molecular flexibility index (Phi) is 5.17. The van der Waals surface area contributed by atoms with E-state index >= 15 is 0 Å². The van der Waals surface area contributed by atoms with E-state index < -0.39 is 10.0 Å². The van der Waals surface area contributed by atoms with E-state index in [1.54, 1.807) is 23.5 Å². The van der Waals surface area contributed by atoms with Gasteiger partial charge in [0, 0.05) is 36.3 Å². The zero-order chi connectivity index (χ0) is 17.2. The number of aromatic nitrogens is 2. The molecule has 6 nitrogen and oxygen atoms in total. The summed E-state index contributed by atoms with van der Waals surface area (Å²) in [5.74, 6) is 0.457. The Hall–Kier alpha value is -1.51. The molecule has 8 heteroatoms. The maximum atomic E-state index is 13.0. The number of rotatable bonds is 5. The molecule has 0 saturated carbocycles. The van der Waals surface area contributed by atoms with Crippen molar-refractivity contribution in [1.29, 1.82) is 0 Å². The third-order valence-electron chi connectivity index (χ3n) is 3.99. The standard InChI is InChI=1S/C16H21N3O3S2/c1-3-22-14-7-4-8-17-16(14)24(20,21)19-9-5-6-13(11-19)15-18-10-12(2)23-15/h4,7-8,10,13H,3,5-6,9,11H2,1-2H3. The quantitative estimate of drug-likeness (QED) is 0.812. The highest BCUT2D eigenvalue weighted by Crippen LogP contribution is 2.33. The van der Waals surface area contributed by atoms with Crippen molar-refractivity contribution in [2.45, 2.75) is 37.6 Å². The smallest absolute Gasteiger partial charge is 0.264 e. The second-order valence-corrected chi connectivity index (χ2v) is 8.87. The summed E-state index contributed by atoms with van der Waals surface area (Å²) < 4.78 is 33.0. The van der Waals surface area contributed by atoms with E-state index in [1.807, 2.05) is 20.0 Å². The summed E-state index contributed by atoms with van der Waals surface area (Å²) in [6.07, 6.45) is 5.11. The summed E-state index contributed by atoms with van der Waals surface area (Å²) in [6, 6.07) is 3.33. The summed E-state index contributed by atoms with van der Waals surface area (Å²) in [5.41, 5.74) is 0. The minimum absolute atomic E-state index is 0.00261. The minimum Gasteiger partial charge on any atom is -0.491 e. The molecule has 0 bridgehead atoms. The summed E-state index contributed by atoms with van der Waals surface area (Å²) in [7, 11) is -3.67. The van der Waals surface area contributed by atoms with Gasteiger partial charge in [-0.05, 0) is 38.8 Å². The van der Waals surface area contributed by atoms with Crippen molar-refractivity contribution in [3.63, 3.8) is 0 Å². The average molecular weight is 367 g/mol. The number of ether oxygens (including phenoxy) is 1. The second-order valence-electron chi connectivity index (χ2n) is 5.75. The lowest BCUT2D eigenvalue weighted by atomic mass is 10.0. The van der Waals surface area contributed by atoms with E-state index in [-0.39, 0.29) is 10.9 Å². The van der Waals surface area contributed by atoms with Gasteiger partial charge < -0.3 is 4.74 Å². The molecule has 1 atom stereocenters. The number of aryl methyl sites for hydroxylation is 1. The van der Waals surface area contributed by atoms with Gasteiger partial charge in [0.25, 0.3) is 10.0 Å². The zero-order valence-corrected chi connectivity index (χ0v) is 15.4. The van der Waals surface area contributed by atoms with Crippen molar-refractivity contribution in [2.75, 3.05) is 19.7 Å². The number of hydrogen-bond donors (Lipinski definition) is 0. The van der Waals surface area contributed by atoms with Gasteiger partial charge in [0.2, 0.25) is 5.03 Å². The Morgan fingerprint density at radius 3 is 2.96 bits per heavy atom. The molecule has 2 aromatic rings. The van der Waals surface area contributed by atoms with Crippen molar-refractivity contribution in [3.8, 4) is 5.75 Å². The van der Waals surface area contributed by atoms with Crippen LogP contribution in [0.15, 0.2) is 29.6 Å². The molecular weight excluding hydrogens is 346 g/mol. The molecule has 0 aromatic carbocycles. The van der Waals surface area contributed by atoms with E-state index in [4.69, 9.17) is 4.74 Å². The van der Waals surface area contributed by atoms with Crippen molar-refractivity contribution in [3.05, 3.63) is 34.4 Å². The Morgan fingerprint density at radius 1 is 1.42 bits per heavy atom. The minimum atomic E-state index is -3.67. The Morgan fingerprint density at radius 2 is 2.25 bits per heavy atom. The van der Waals surface area contributed by atoms with E-state index in [0.717, 1.165) is 22.7 Å². The van der Waals surface area contributed by atoms with Gasteiger partial charge in [0.05, 0.1) is 11.6 Å². The van der Waals surface area contributed by atoms with E-state index in [9.17, 15) is 8.42 Å². The van der Waals surface area contributed by atoms with Crippen LogP contribution in [-0.4, -0.2) is 42.4 Å². The highest BCUT2D eigenvalue weighted by atomic mass is 32.2. The predicted octanol–water partition coefficient (Wildman–Crippen LogP) is 2.81. The van der Waals surface area contributed by atoms with E-state index in [1.165, 1.54) is 10.5 Å². The molecule has 0 amide bonds. The van der Waals surface area contributed by atoms with Crippen LogP contribution < -0.4 is 4.74 Å². The van der Waals surface area contributed by atoms with Crippen LogP contribution in [0.25, 0.3) is 0 Å². The number of thiazole rings is 1. The van der Waals surface area contributed by atoms with Crippen LogP contribution in [0.5, 0.6) is 5.75 Å². The van der Waals surface area contributed by atoms with Gasteiger partial charge in [-0.25, -0.2) is 18.4 Å². The lowest BCUT2D eigenvalue weighted by Crippen LogP contribution is -2.39. The van der Waals surface area contributed by atoms with Gasteiger partial charge in [0.15, 0.2) is 5.75 Å². The molecule has 0 aliphatic carbocycles. The number of piperidine rings is 1. The fraction of sp³-hybridized carbons (Fsp3) is 0.500. The molecule has 0 N–H and O–H groups in total. The number of sulfonamides is 1. The average Bonchev–Trinajstić information content (AvgIpc) is 3.02. The van der Waals surface area contributed by atoms with Crippen LogP contribution in [-0.2, 0) is 10.0 Å². The summed E-state index contributed by atoms with van der Waals surface area (Å²) >= 11 is 1.64. The molecule has 0 spiro atoms. The fourth-order valence-corrected chi connectivity index (χ4v) is 5.35. The number of pyridine rings is 1. The molecule has 1 fully saturated rings. The highest BCUT2D eigenvalue weighted by molar-refractivity contribution is 7.89. The Labute approximate surface area is 146 Å². The van der Waals surface area contributed by atoms with Crippen molar-refractivity contribution in [1.82, 2.24) is 14.3 Å². The first kappa shape index (κ1) is 17.3. The highest BCUT2D eigenvalue weighted by Gasteiger charge is 2.34. The SMILES string of the molecule is CCOc1cccnc1S(=O)(=O)N1CCCC(c2ncc(C)s2)C1. The molecule has 3 rings (SSSR count). The van der Waals surface area contributed by atoms with Crippen molar-refractivity contribution in [2.24, 2.45) is 0 Å². The molecule has 1 unspecified atom stereocenters. The second kappa shape index (κ2) is 7.16. The lowest BCUT2D eigenvalue weighted by molar-refractivity contribution is 0.305. The number of hydrogen-bond acceptors (Lipinski definition) is 6. The first-order chi connectivity index (χ1) is 11.5. The van der Waals surface area contributed by atoms with Gasteiger partial charge in [0.1, 0.15) is 0 Å². The zero-order valence-electron chi connectivity index (χ0n) is 13.8. The molecule has 3 heterocycles. The van der Waals surface area contributed by atoms with E-state index in [0.29, 0.717) is 25.4 Å². The Balaban J connectivity index is 1.87. The van der Waals surface area contributed by atoms with Crippen LogP contribution in [0.3, 0.4) is 0 Å². The van der Waals surface area contributed by atoms with Gasteiger partial charge in [-0.1, -0.05) is 0 Å². The first-order valence-electron chi connectivity index (χ1n) is 8.02. The molecule has 1 aliphatic heterocycles. The first-order valence-corrected chi connectivity index (χ1v) is 10.3. The molecule has 0 radical (unpaired) electrons. The molecular formula is C16H21N3O3S2. The van der Waals surface area contributed by atoms with Crippen molar-refractivity contribution < 1.29 is 13.2 Å². The van der Waals surface area contributed by atoms with Crippen molar-refractivity contribution >= 4 is 21.4 Å². The van der Waals surface area contributed by atoms with Crippen LogP contribution in [0.4, 0.5) is 0 Å². The topological polar surface area (TPSA) is 72.4 Å². The normalized spacial score (nSPS) is 19.3. The summed E-state index contributed by atoms with van der Waals surface area (Å²) in [6.45, 7) is 5.18. The monoisotopic (exact) mass is 367 g/mol. The molecule has 1 saturated heterocycles. The van der Waals surface area contributed by atoms with Gasteiger partial charge in [-0.2, -0.15) is 4.31 Å². The maximum Gasteiger partial charge on any atom is 0.264 e. The van der Waals surface area contributed by atoms with Crippen LogP contribution in [0.1, 0.15) is 35.6 Å². The van der Waals surface area contributed by atoms with Gasteiger partial charge in [-0.3, -0.25) is 0 Å². The van der Waals surface area contributed by atoms with E-state index in [2.05, 4.69) is 9.97 Å². The summed E-state index contributed by atoms with van der Waals surface area (Å²) in [4.78, 5) is 9.66. The lowest BCUT2D eigenvalue weighted by Gasteiger charge is -2.30. The number of nitrogens with zero attached hydrogens (tertiary/aromatic N) is 3. The molecule has 24 heavy (non-hydrogen) atoms. The third kappa shape index (κ3) is 3.45. The summed E-state index contributed by atoms with van der Waals surface area (Å²) in [5, 5.41) is 1.02. The largest absolute Gasteiger partial charge is 0.491 e. The van der Waals surface area contributed by atoms with Crippen LogP contribution in [0.2, 0.25) is 0 Å². The fourth-order valence-electron chi connectivity index (χ4n) is 2.88. The van der Waals surface area contributed by atoms with Gasteiger partial charge >= 0.3 is 0 Å². The third-order valence-corrected chi connectivity index (χ3v) is 6.87. The van der Waals surface area contributed by atoms with Crippen LogP contribution >= 0.6 is 11.3 Å². The molecule has 1 aliphatic rings. The molecule has 2 aromatic heterocycles. The predicted molar refractivity (Wildman–Crippen MR) is 93.0 cm³/mol. The maximum absolute atomic E-state index is 13.0. The van der Waals surface area contributed by atoms with Crippen LogP contribution in [0, 0.1) is 6.92 Å². The molecule has 130 valence electrons. The Bertz CT molecular complexity index is 804. The van der Waals surface area contributed by atoms with Gasteiger partial charge in [-0.15, -0.1) is 11.3 Å².